The number of nitrogens with zero attached hydrogens (tertiary/aromatic N) is 2. The van der Waals surface area contributed by atoms with Crippen molar-refractivity contribution in [1.29, 1.82) is 0 Å². The zero-order chi connectivity index (χ0) is 17.0. The van der Waals surface area contributed by atoms with Gasteiger partial charge in [-0.05, 0) is 44.4 Å². The lowest BCUT2D eigenvalue weighted by atomic mass is 9.84. The van der Waals surface area contributed by atoms with Gasteiger partial charge in [0.25, 0.3) is 0 Å². The van der Waals surface area contributed by atoms with Crippen LogP contribution in [0.15, 0.2) is 18.2 Å². The van der Waals surface area contributed by atoms with Gasteiger partial charge in [0.15, 0.2) is 0 Å². The van der Waals surface area contributed by atoms with Gasteiger partial charge in [0, 0.05) is 13.5 Å². The molecule has 0 bridgehead atoms. The molecule has 1 amide bonds. The number of β-amino-alcohol motifs (C(OH)–C–C–N with tert-alkyl or cyclic N) is 1. The summed E-state index contributed by atoms with van der Waals surface area (Å²) in [4.78, 5) is 18.3. The third-order valence-electron chi connectivity index (χ3n) is 5.33. The van der Waals surface area contributed by atoms with Crippen LogP contribution in [-0.2, 0) is 11.3 Å². The number of likely N-dealkylation sites (tertiary alicyclic amines) is 1. The summed E-state index contributed by atoms with van der Waals surface area (Å²) < 4.78 is 0. The lowest BCUT2D eigenvalue weighted by Crippen LogP contribution is -2.44. The molecule has 132 valence electrons. The quantitative estimate of drug-likeness (QED) is 0.870. The molecule has 5 nitrogen and oxygen atoms in total. The van der Waals surface area contributed by atoms with Crippen molar-refractivity contribution in [3.63, 3.8) is 0 Å². The summed E-state index contributed by atoms with van der Waals surface area (Å²) in [6.45, 7) is 3.78. The molecule has 0 radical (unpaired) electrons. The van der Waals surface area contributed by atoms with Crippen molar-refractivity contribution in [2.75, 3.05) is 13.1 Å². The fraction of sp³-hybridized carbons (Fsp3) is 0.684. The average molecular weight is 331 g/mol. The van der Waals surface area contributed by atoms with Gasteiger partial charge >= 0.3 is 0 Å². The van der Waals surface area contributed by atoms with E-state index in [0.717, 1.165) is 63.0 Å². The number of pyridine rings is 1. The highest BCUT2D eigenvalue weighted by molar-refractivity contribution is 5.72. The molecule has 1 aromatic rings. The minimum Gasteiger partial charge on any atom is -0.389 e. The molecule has 2 aliphatic rings. The highest BCUT2D eigenvalue weighted by atomic mass is 16.3. The highest BCUT2D eigenvalue weighted by Crippen LogP contribution is 2.36. The molecule has 0 spiro atoms. The standard InChI is InChI=1S/C19H29N3O2/c1-15(23)20-13-16-7-5-8-17(21-16)18-9-6-12-22(18)14-19(24)10-3-2-4-11-19/h5,7-8,18,24H,2-4,6,9-14H2,1H3,(H,20,23)/t18-/m0/s1. The number of nitrogens with one attached hydrogen (secondary N) is 1. The average Bonchev–Trinajstić information content (AvgIpc) is 3.01. The Hall–Kier alpha value is -1.46. The number of hydrogen-bond acceptors (Lipinski definition) is 4. The molecule has 1 aliphatic carbocycles. The van der Waals surface area contributed by atoms with Gasteiger partial charge in [-0.3, -0.25) is 14.7 Å². The number of aromatic nitrogens is 1. The molecule has 1 saturated heterocycles. The molecule has 2 heterocycles. The van der Waals surface area contributed by atoms with Crippen LogP contribution in [0.5, 0.6) is 0 Å². The van der Waals surface area contributed by atoms with Gasteiger partial charge in [0.1, 0.15) is 0 Å². The fourth-order valence-electron chi connectivity index (χ4n) is 4.09. The first-order valence-corrected chi connectivity index (χ1v) is 9.22. The van der Waals surface area contributed by atoms with Crippen molar-refractivity contribution in [3.05, 3.63) is 29.6 Å². The summed E-state index contributed by atoms with van der Waals surface area (Å²) in [6.07, 6.45) is 7.61. The zero-order valence-electron chi connectivity index (χ0n) is 14.6. The Morgan fingerprint density at radius 3 is 2.88 bits per heavy atom. The second-order valence-corrected chi connectivity index (χ2v) is 7.38. The molecule has 1 aliphatic heterocycles. The highest BCUT2D eigenvalue weighted by Gasteiger charge is 2.36. The second kappa shape index (κ2) is 7.62. The van der Waals surface area contributed by atoms with Gasteiger partial charge in [-0.1, -0.05) is 25.3 Å². The molecule has 24 heavy (non-hydrogen) atoms. The first-order chi connectivity index (χ1) is 11.6. The number of carbonyl (C=O) groups is 1. The van der Waals surface area contributed by atoms with E-state index in [2.05, 4.69) is 16.3 Å². The minimum atomic E-state index is -0.519. The van der Waals surface area contributed by atoms with Crippen molar-refractivity contribution in [2.45, 2.75) is 70.1 Å². The van der Waals surface area contributed by atoms with Crippen LogP contribution in [-0.4, -0.2) is 39.6 Å². The Balaban J connectivity index is 1.68. The fourth-order valence-corrected chi connectivity index (χ4v) is 4.09. The first-order valence-electron chi connectivity index (χ1n) is 9.22. The lowest BCUT2D eigenvalue weighted by molar-refractivity contribution is -0.119. The molecule has 3 rings (SSSR count). The molecule has 1 aromatic heterocycles. The Labute approximate surface area is 144 Å². The number of amides is 1. The van der Waals surface area contributed by atoms with E-state index in [1.54, 1.807) is 0 Å². The van der Waals surface area contributed by atoms with Crippen LogP contribution in [0.25, 0.3) is 0 Å². The van der Waals surface area contributed by atoms with Crippen LogP contribution in [0.4, 0.5) is 0 Å². The van der Waals surface area contributed by atoms with E-state index in [-0.39, 0.29) is 11.9 Å². The normalized spacial score (nSPS) is 24.0. The smallest absolute Gasteiger partial charge is 0.217 e. The van der Waals surface area contributed by atoms with Crippen molar-refractivity contribution in [3.8, 4) is 0 Å². The summed E-state index contributed by atoms with van der Waals surface area (Å²) in [5.74, 6) is -0.0378. The number of rotatable bonds is 5. The number of carbonyl (C=O) groups excluding carboxylic acids is 1. The Bertz CT molecular complexity index is 569. The van der Waals surface area contributed by atoms with Crippen LogP contribution in [0, 0.1) is 0 Å². The van der Waals surface area contributed by atoms with E-state index >= 15 is 0 Å². The van der Waals surface area contributed by atoms with Gasteiger partial charge in [-0.15, -0.1) is 0 Å². The summed E-state index contributed by atoms with van der Waals surface area (Å²) in [7, 11) is 0. The van der Waals surface area contributed by atoms with Crippen molar-refractivity contribution < 1.29 is 9.90 Å². The molecular formula is C19H29N3O2. The Morgan fingerprint density at radius 2 is 2.12 bits per heavy atom. The van der Waals surface area contributed by atoms with Gasteiger partial charge < -0.3 is 10.4 Å². The van der Waals surface area contributed by atoms with E-state index in [1.165, 1.54) is 13.3 Å². The summed E-state index contributed by atoms with van der Waals surface area (Å²) in [5, 5.41) is 13.7. The van der Waals surface area contributed by atoms with Gasteiger partial charge in [-0.2, -0.15) is 0 Å². The number of hydrogen-bond donors (Lipinski definition) is 2. The van der Waals surface area contributed by atoms with E-state index in [4.69, 9.17) is 4.98 Å². The molecule has 1 saturated carbocycles. The molecular weight excluding hydrogens is 302 g/mol. The predicted octanol–water partition coefficient (Wildman–Crippen LogP) is 2.55. The molecule has 1 atom stereocenters. The monoisotopic (exact) mass is 331 g/mol. The topological polar surface area (TPSA) is 65.5 Å². The molecule has 0 unspecified atom stereocenters. The van der Waals surface area contributed by atoms with Crippen molar-refractivity contribution in [1.82, 2.24) is 15.2 Å². The minimum absolute atomic E-state index is 0.0378. The van der Waals surface area contributed by atoms with Gasteiger partial charge in [0.05, 0.1) is 29.6 Å². The van der Waals surface area contributed by atoms with Crippen LogP contribution < -0.4 is 5.32 Å². The van der Waals surface area contributed by atoms with Crippen molar-refractivity contribution >= 4 is 5.91 Å². The zero-order valence-corrected chi connectivity index (χ0v) is 14.6. The third kappa shape index (κ3) is 4.33. The van der Waals surface area contributed by atoms with Crippen LogP contribution in [0.1, 0.15) is 69.3 Å². The van der Waals surface area contributed by atoms with Crippen molar-refractivity contribution in [2.24, 2.45) is 0 Å². The maximum absolute atomic E-state index is 11.1. The lowest BCUT2D eigenvalue weighted by Gasteiger charge is -2.37. The molecule has 5 heteroatoms. The summed E-state index contributed by atoms with van der Waals surface area (Å²) in [5.41, 5.74) is 1.44. The SMILES string of the molecule is CC(=O)NCc1cccc([C@@H]2CCCN2CC2(O)CCCCC2)n1. The maximum atomic E-state index is 11.1. The summed E-state index contributed by atoms with van der Waals surface area (Å²) >= 11 is 0. The van der Waals surface area contributed by atoms with Crippen LogP contribution in [0.2, 0.25) is 0 Å². The van der Waals surface area contributed by atoms with E-state index in [0.29, 0.717) is 6.54 Å². The van der Waals surface area contributed by atoms with Crippen LogP contribution in [0.3, 0.4) is 0 Å². The Kier molecular flexibility index (Phi) is 5.51. The molecule has 0 aromatic carbocycles. The van der Waals surface area contributed by atoms with E-state index < -0.39 is 5.60 Å². The first kappa shape index (κ1) is 17.4. The Morgan fingerprint density at radius 1 is 1.33 bits per heavy atom. The van der Waals surface area contributed by atoms with E-state index in [9.17, 15) is 9.90 Å². The largest absolute Gasteiger partial charge is 0.389 e. The predicted molar refractivity (Wildman–Crippen MR) is 93.3 cm³/mol. The van der Waals surface area contributed by atoms with Gasteiger partial charge in [0.2, 0.25) is 5.91 Å². The third-order valence-corrected chi connectivity index (χ3v) is 5.33. The second-order valence-electron chi connectivity index (χ2n) is 7.38. The molecule has 2 N–H and O–H groups in total. The van der Waals surface area contributed by atoms with E-state index in [1.807, 2.05) is 12.1 Å². The number of aliphatic hydroxyl groups is 1. The van der Waals surface area contributed by atoms with Crippen LogP contribution >= 0.6 is 0 Å². The maximum Gasteiger partial charge on any atom is 0.217 e. The van der Waals surface area contributed by atoms with Gasteiger partial charge in [-0.25, -0.2) is 0 Å². The molecule has 2 fully saturated rings. The summed E-state index contributed by atoms with van der Waals surface area (Å²) in [6, 6.07) is 6.33.